The van der Waals surface area contributed by atoms with E-state index in [1.54, 1.807) is 12.5 Å². The second kappa shape index (κ2) is 7.80. The number of hydrogen-bond acceptors (Lipinski definition) is 5. The van der Waals surface area contributed by atoms with Gasteiger partial charge < -0.3 is 25.8 Å². The van der Waals surface area contributed by atoms with Crippen LogP contribution >= 0.6 is 0 Å². The third kappa shape index (κ3) is 4.82. The van der Waals surface area contributed by atoms with Gasteiger partial charge in [-0.2, -0.15) is 0 Å². The highest BCUT2D eigenvalue weighted by molar-refractivity contribution is 5.73. The highest BCUT2D eigenvalue weighted by Crippen LogP contribution is 2.02. The number of nitrogens with one attached hydrogen (secondary N) is 1. The van der Waals surface area contributed by atoms with Crippen molar-refractivity contribution < 1.29 is 15.0 Å². The second-order valence-corrected chi connectivity index (χ2v) is 4.02. The number of aliphatic hydroxyl groups excluding tert-OH is 1. The highest BCUT2D eigenvalue weighted by atomic mass is 16.4. The maximum absolute atomic E-state index is 11.0. The molecule has 1 atom stereocenters. The molecule has 0 aliphatic carbocycles. The summed E-state index contributed by atoms with van der Waals surface area (Å²) in [6.45, 7) is 1.66. The van der Waals surface area contributed by atoms with Crippen molar-refractivity contribution in [1.82, 2.24) is 14.9 Å². The fraction of sp³-hybridized carbons (Fsp3) is 0.636. The summed E-state index contributed by atoms with van der Waals surface area (Å²) in [4.78, 5) is 15.2. The lowest BCUT2D eigenvalue weighted by atomic mass is 10.1. The number of carbonyl (C=O) groups is 1. The zero-order valence-electron chi connectivity index (χ0n) is 10.2. The van der Waals surface area contributed by atoms with Crippen molar-refractivity contribution in [2.75, 3.05) is 19.7 Å². The number of nitrogens with two attached hydrogens (primary N) is 1. The van der Waals surface area contributed by atoms with Gasteiger partial charge in [-0.05, 0) is 6.42 Å². The van der Waals surface area contributed by atoms with Crippen LogP contribution in [-0.2, 0) is 17.8 Å². The number of aliphatic hydroxyl groups is 1. The Kier molecular flexibility index (Phi) is 6.34. The Bertz CT molecular complexity index is 367. The Morgan fingerprint density at radius 3 is 3.00 bits per heavy atom. The lowest BCUT2D eigenvalue weighted by molar-refractivity contribution is -0.139. The molecule has 0 radical (unpaired) electrons. The van der Waals surface area contributed by atoms with Gasteiger partial charge in [-0.3, -0.25) is 4.79 Å². The Labute approximate surface area is 106 Å². The van der Waals surface area contributed by atoms with Gasteiger partial charge in [0.2, 0.25) is 0 Å². The first-order valence-corrected chi connectivity index (χ1v) is 5.95. The van der Waals surface area contributed by atoms with Crippen LogP contribution < -0.4 is 11.1 Å². The summed E-state index contributed by atoms with van der Waals surface area (Å²) >= 11 is 0. The van der Waals surface area contributed by atoms with E-state index in [4.69, 9.17) is 15.9 Å². The molecule has 7 heteroatoms. The van der Waals surface area contributed by atoms with Gasteiger partial charge >= 0.3 is 5.97 Å². The van der Waals surface area contributed by atoms with Crippen LogP contribution in [0.4, 0.5) is 0 Å². The summed E-state index contributed by atoms with van der Waals surface area (Å²) in [6.07, 6.45) is 4.42. The molecule has 1 heterocycles. The van der Waals surface area contributed by atoms with E-state index in [0.29, 0.717) is 38.2 Å². The van der Waals surface area contributed by atoms with Crippen LogP contribution in [0.2, 0.25) is 0 Å². The number of aryl methyl sites for hydroxylation is 1. The molecule has 0 saturated carbocycles. The molecule has 1 rings (SSSR count). The average Bonchev–Trinajstić information content (AvgIpc) is 2.79. The minimum Gasteiger partial charge on any atom is -0.480 e. The van der Waals surface area contributed by atoms with Crippen LogP contribution in [0.5, 0.6) is 0 Å². The van der Waals surface area contributed by atoms with E-state index < -0.39 is 12.0 Å². The van der Waals surface area contributed by atoms with Crippen LogP contribution in [0.25, 0.3) is 0 Å². The molecule has 0 spiro atoms. The van der Waals surface area contributed by atoms with Crippen LogP contribution in [0, 0.1) is 0 Å². The summed E-state index contributed by atoms with van der Waals surface area (Å²) in [5.74, 6) is -0.909. The van der Waals surface area contributed by atoms with Crippen molar-refractivity contribution in [2.45, 2.75) is 25.4 Å². The van der Waals surface area contributed by atoms with Crippen molar-refractivity contribution in [2.24, 2.45) is 5.73 Å². The van der Waals surface area contributed by atoms with Crippen LogP contribution in [0.15, 0.2) is 12.5 Å². The quantitative estimate of drug-likeness (QED) is 0.442. The molecule has 0 amide bonds. The topological polar surface area (TPSA) is 113 Å². The van der Waals surface area contributed by atoms with Gasteiger partial charge in [0, 0.05) is 38.9 Å². The molecule has 18 heavy (non-hydrogen) atoms. The predicted molar refractivity (Wildman–Crippen MR) is 66.1 cm³/mol. The van der Waals surface area contributed by atoms with E-state index in [0.717, 1.165) is 0 Å². The number of nitrogens with zero attached hydrogens (tertiary/aromatic N) is 2. The van der Waals surface area contributed by atoms with Gasteiger partial charge in [-0.25, -0.2) is 4.98 Å². The molecular formula is C11H20N4O3. The number of imidazole rings is 1. The van der Waals surface area contributed by atoms with Crippen molar-refractivity contribution in [1.29, 1.82) is 0 Å². The maximum Gasteiger partial charge on any atom is 0.321 e. The molecular weight excluding hydrogens is 236 g/mol. The third-order valence-corrected chi connectivity index (χ3v) is 2.51. The monoisotopic (exact) mass is 256 g/mol. The number of aromatic nitrogens is 2. The van der Waals surface area contributed by atoms with Gasteiger partial charge in [0.1, 0.15) is 6.04 Å². The van der Waals surface area contributed by atoms with Gasteiger partial charge in [0.25, 0.3) is 0 Å². The number of carboxylic acid groups (broad SMARTS) is 1. The van der Waals surface area contributed by atoms with Crippen LogP contribution in [0.3, 0.4) is 0 Å². The lowest BCUT2D eigenvalue weighted by Gasteiger charge is -2.12. The molecule has 1 aromatic rings. The fourth-order valence-corrected chi connectivity index (χ4v) is 1.60. The Morgan fingerprint density at radius 1 is 1.61 bits per heavy atom. The minimum absolute atomic E-state index is 0.128. The van der Waals surface area contributed by atoms with Crippen LogP contribution in [-0.4, -0.2) is 51.5 Å². The normalized spacial score (nSPS) is 12.6. The molecule has 1 aromatic heterocycles. The van der Waals surface area contributed by atoms with Crippen molar-refractivity contribution in [3.63, 3.8) is 0 Å². The Morgan fingerprint density at radius 2 is 2.39 bits per heavy atom. The van der Waals surface area contributed by atoms with Crippen LogP contribution in [0.1, 0.15) is 12.1 Å². The fourth-order valence-electron chi connectivity index (χ4n) is 1.60. The van der Waals surface area contributed by atoms with Crippen molar-refractivity contribution >= 4 is 5.97 Å². The van der Waals surface area contributed by atoms with E-state index >= 15 is 0 Å². The number of hydrogen-bond donors (Lipinski definition) is 4. The molecule has 0 fully saturated rings. The number of carboxylic acids is 1. The van der Waals surface area contributed by atoms with Gasteiger partial charge in [-0.15, -0.1) is 0 Å². The first-order chi connectivity index (χ1) is 8.67. The molecule has 7 nitrogen and oxygen atoms in total. The smallest absolute Gasteiger partial charge is 0.321 e. The van der Waals surface area contributed by atoms with E-state index in [1.165, 1.54) is 0 Å². The lowest BCUT2D eigenvalue weighted by Crippen LogP contribution is -2.41. The molecule has 0 aliphatic rings. The molecule has 0 aliphatic heterocycles. The zero-order chi connectivity index (χ0) is 13.4. The SMILES string of the molecule is NCCN[C@@H](Cc1cn(CCCO)cn1)C(=O)O. The summed E-state index contributed by atoms with van der Waals surface area (Å²) in [6, 6.07) is -0.672. The molecule has 0 aromatic carbocycles. The van der Waals surface area contributed by atoms with Crippen molar-refractivity contribution in [3.8, 4) is 0 Å². The minimum atomic E-state index is -0.909. The second-order valence-electron chi connectivity index (χ2n) is 4.02. The first-order valence-electron chi connectivity index (χ1n) is 5.95. The number of rotatable bonds is 9. The molecule has 0 unspecified atom stereocenters. The standard InChI is InChI=1S/C11H20N4O3/c12-2-3-13-10(11(17)18)6-9-7-15(8-14-9)4-1-5-16/h7-8,10,13,16H,1-6,12H2,(H,17,18)/t10-/m0/s1. The third-order valence-electron chi connectivity index (χ3n) is 2.51. The van der Waals surface area contributed by atoms with E-state index in [1.807, 2.05) is 4.57 Å². The molecule has 5 N–H and O–H groups in total. The predicted octanol–water partition coefficient (Wildman–Crippen LogP) is -1.19. The molecule has 0 bridgehead atoms. The largest absolute Gasteiger partial charge is 0.480 e. The summed E-state index contributed by atoms with van der Waals surface area (Å²) in [5.41, 5.74) is 6.04. The Hall–Kier alpha value is -1.44. The molecule has 0 saturated heterocycles. The molecule has 102 valence electrons. The first kappa shape index (κ1) is 14.6. The summed E-state index contributed by atoms with van der Waals surface area (Å²) in [7, 11) is 0. The van der Waals surface area contributed by atoms with Gasteiger partial charge in [-0.1, -0.05) is 0 Å². The Balaban J connectivity index is 2.52. The maximum atomic E-state index is 11.0. The van der Waals surface area contributed by atoms with Gasteiger partial charge in [0.05, 0.1) is 12.0 Å². The van der Waals surface area contributed by atoms with E-state index in [2.05, 4.69) is 10.3 Å². The zero-order valence-corrected chi connectivity index (χ0v) is 10.2. The highest BCUT2D eigenvalue weighted by Gasteiger charge is 2.18. The van der Waals surface area contributed by atoms with Gasteiger partial charge in [0.15, 0.2) is 0 Å². The average molecular weight is 256 g/mol. The number of aliphatic carboxylic acids is 1. The van der Waals surface area contributed by atoms with Crippen molar-refractivity contribution in [3.05, 3.63) is 18.2 Å². The van der Waals surface area contributed by atoms with E-state index in [-0.39, 0.29) is 6.61 Å². The summed E-state index contributed by atoms with van der Waals surface area (Å²) in [5, 5.41) is 20.6. The summed E-state index contributed by atoms with van der Waals surface area (Å²) < 4.78 is 1.84. The van der Waals surface area contributed by atoms with E-state index in [9.17, 15) is 4.79 Å².